The van der Waals surface area contributed by atoms with E-state index in [2.05, 4.69) is 5.32 Å². The Kier molecular flexibility index (Phi) is 6.04. The molecule has 3 rings (SSSR count). The molecule has 0 aliphatic heterocycles. The van der Waals surface area contributed by atoms with Crippen molar-refractivity contribution in [3.05, 3.63) is 58.4 Å². The number of amides is 1. The summed E-state index contributed by atoms with van der Waals surface area (Å²) in [4.78, 5) is 30.3. The highest BCUT2D eigenvalue weighted by Gasteiger charge is 2.21. The fourth-order valence-electron chi connectivity index (χ4n) is 2.91. The summed E-state index contributed by atoms with van der Waals surface area (Å²) in [6.45, 7) is 6.17. The first-order valence-corrected chi connectivity index (χ1v) is 9.95. The fraction of sp³-hybridized carbons (Fsp3) is 0.286. The largest absolute Gasteiger partial charge is 0.495 e. The Hall–Kier alpha value is -2.80. The van der Waals surface area contributed by atoms with E-state index in [4.69, 9.17) is 9.72 Å². The van der Waals surface area contributed by atoms with Crippen LogP contribution >= 0.6 is 11.8 Å². The number of ether oxygens (including phenoxy) is 1. The second-order valence-corrected chi connectivity index (χ2v) is 7.69. The molecule has 1 heterocycles. The van der Waals surface area contributed by atoms with Gasteiger partial charge >= 0.3 is 0 Å². The van der Waals surface area contributed by atoms with Crippen LogP contribution in [0.2, 0.25) is 0 Å². The van der Waals surface area contributed by atoms with Crippen LogP contribution in [0, 0.1) is 6.92 Å². The maximum atomic E-state index is 13.4. The fourth-order valence-corrected chi connectivity index (χ4v) is 3.85. The van der Waals surface area contributed by atoms with Crippen LogP contribution in [-0.2, 0) is 4.79 Å². The van der Waals surface area contributed by atoms with Crippen molar-refractivity contribution in [3.63, 3.8) is 0 Å². The lowest BCUT2D eigenvalue weighted by Crippen LogP contribution is -2.31. The highest BCUT2D eigenvalue weighted by molar-refractivity contribution is 8.00. The number of para-hydroxylation sites is 1. The van der Waals surface area contributed by atoms with E-state index in [1.165, 1.54) is 16.3 Å². The molecule has 0 aliphatic rings. The number of carbonyl (C=O) groups is 1. The molecule has 28 heavy (non-hydrogen) atoms. The number of rotatable bonds is 6. The number of nitrogens with one attached hydrogen (secondary N) is 1. The standard InChI is InChI=1S/C21H23N3O3S/c1-5-22-19(25)14(3)28-21-23-16-9-7-6-8-15(16)20(26)24(21)17-12-13(2)10-11-18(17)27-4/h6-12,14H,5H2,1-4H3,(H,22,25)/t14-/m1/s1. The van der Waals surface area contributed by atoms with Gasteiger partial charge in [0, 0.05) is 6.54 Å². The Balaban J connectivity index is 2.25. The predicted molar refractivity (Wildman–Crippen MR) is 113 cm³/mol. The molecule has 0 saturated carbocycles. The monoisotopic (exact) mass is 397 g/mol. The molecule has 0 unspecified atom stereocenters. The third-order valence-corrected chi connectivity index (χ3v) is 5.37. The molecule has 0 spiro atoms. The topological polar surface area (TPSA) is 73.2 Å². The minimum Gasteiger partial charge on any atom is -0.495 e. The van der Waals surface area contributed by atoms with E-state index in [0.29, 0.717) is 34.0 Å². The van der Waals surface area contributed by atoms with Crippen LogP contribution in [0.1, 0.15) is 19.4 Å². The Morgan fingerprint density at radius 1 is 1.29 bits per heavy atom. The second-order valence-electron chi connectivity index (χ2n) is 6.38. The molecule has 1 aromatic heterocycles. The van der Waals surface area contributed by atoms with Crippen LogP contribution in [0.25, 0.3) is 16.6 Å². The number of methoxy groups -OCH3 is 1. The maximum absolute atomic E-state index is 13.4. The second kappa shape index (κ2) is 8.48. The molecule has 1 atom stereocenters. The summed E-state index contributed by atoms with van der Waals surface area (Å²) in [5.41, 5.74) is 2.00. The van der Waals surface area contributed by atoms with Crippen molar-refractivity contribution < 1.29 is 9.53 Å². The highest BCUT2D eigenvalue weighted by atomic mass is 32.2. The number of hydrogen-bond acceptors (Lipinski definition) is 5. The average Bonchev–Trinajstić information content (AvgIpc) is 2.68. The molecule has 146 valence electrons. The van der Waals surface area contributed by atoms with E-state index in [1.54, 1.807) is 26.2 Å². The number of aromatic nitrogens is 2. The van der Waals surface area contributed by atoms with E-state index in [-0.39, 0.29) is 11.5 Å². The summed E-state index contributed by atoms with van der Waals surface area (Å²) < 4.78 is 7.03. The van der Waals surface area contributed by atoms with Crippen LogP contribution in [0.4, 0.5) is 0 Å². The van der Waals surface area contributed by atoms with Crippen molar-refractivity contribution in [3.8, 4) is 11.4 Å². The summed E-state index contributed by atoms with van der Waals surface area (Å²) in [5, 5.41) is 3.37. The number of aryl methyl sites for hydroxylation is 1. The summed E-state index contributed by atoms with van der Waals surface area (Å²) in [5.74, 6) is 0.468. The molecule has 1 amide bonds. The number of nitrogens with zero attached hydrogens (tertiary/aromatic N) is 2. The van der Waals surface area contributed by atoms with Gasteiger partial charge in [-0.2, -0.15) is 0 Å². The number of carbonyl (C=O) groups excluding carboxylic acids is 1. The molecule has 0 saturated heterocycles. The van der Waals surface area contributed by atoms with E-state index in [0.717, 1.165) is 5.56 Å². The smallest absolute Gasteiger partial charge is 0.266 e. The predicted octanol–water partition coefficient (Wildman–Crippen LogP) is 3.32. The van der Waals surface area contributed by atoms with E-state index >= 15 is 0 Å². The molecule has 3 aromatic rings. The Morgan fingerprint density at radius 3 is 2.75 bits per heavy atom. The molecule has 2 aromatic carbocycles. The van der Waals surface area contributed by atoms with Gasteiger partial charge in [-0.3, -0.25) is 14.2 Å². The zero-order chi connectivity index (χ0) is 20.3. The minimum absolute atomic E-state index is 0.0994. The molecule has 0 aliphatic carbocycles. The van der Waals surface area contributed by atoms with Crippen molar-refractivity contribution in [2.75, 3.05) is 13.7 Å². The van der Waals surface area contributed by atoms with Gasteiger partial charge in [-0.05, 0) is 50.6 Å². The van der Waals surface area contributed by atoms with Gasteiger partial charge in [0.2, 0.25) is 5.91 Å². The van der Waals surface area contributed by atoms with E-state index in [9.17, 15) is 9.59 Å². The molecular weight excluding hydrogens is 374 g/mol. The van der Waals surface area contributed by atoms with Crippen LogP contribution < -0.4 is 15.6 Å². The summed E-state index contributed by atoms with van der Waals surface area (Å²) in [6.07, 6.45) is 0. The lowest BCUT2D eigenvalue weighted by atomic mass is 10.2. The Labute approximate surface area is 167 Å². The van der Waals surface area contributed by atoms with Crippen molar-refractivity contribution in [1.29, 1.82) is 0 Å². The SMILES string of the molecule is CCNC(=O)[C@@H](C)Sc1nc2ccccc2c(=O)n1-c1cc(C)ccc1OC. The lowest BCUT2D eigenvalue weighted by molar-refractivity contribution is -0.120. The summed E-state index contributed by atoms with van der Waals surface area (Å²) in [7, 11) is 1.57. The highest BCUT2D eigenvalue weighted by Crippen LogP contribution is 2.30. The molecule has 0 radical (unpaired) electrons. The van der Waals surface area contributed by atoms with Crippen molar-refractivity contribution in [2.24, 2.45) is 0 Å². The zero-order valence-corrected chi connectivity index (χ0v) is 17.2. The normalized spacial score (nSPS) is 12.0. The van der Waals surface area contributed by atoms with Crippen molar-refractivity contribution in [2.45, 2.75) is 31.2 Å². The van der Waals surface area contributed by atoms with Gasteiger partial charge in [0.05, 0.1) is 29.0 Å². The van der Waals surface area contributed by atoms with Gasteiger partial charge in [0.25, 0.3) is 5.56 Å². The molecule has 1 N–H and O–H groups in total. The van der Waals surface area contributed by atoms with Crippen LogP contribution in [0.5, 0.6) is 5.75 Å². The molecule has 7 heteroatoms. The molecule has 6 nitrogen and oxygen atoms in total. The third kappa shape index (κ3) is 3.89. The third-order valence-electron chi connectivity index (χ3n) is 4.32. The first-order chi connectivity index (χ1) is 13.5. The number of hydrogen-bond donors (Lipinski definition) is 1. The number of thioether (sulfide) groups is 1. The van der Waals surface area contributed by atoms with Crippen LogP contribution in [-0.4, -0.2) is 34.4 Å². The zero-order valence-electron chi connectivity index (χ0n) is 16.4. The van der Waals surface area contributed by atoms with E-state index in [1.807, 2.05) is 44.2 Å². The Morgan fingerprint density at radius 2 is 2.04 bits per heavy atom. The van der Waals surface area contributed by atoms with Gasteiger partial charge < -0.3 is 10.1 Å². The molecule has 0 fully saturated rings. The number of fused-ring (bicyclic) bond motifs is 1. The summed E-state index contributed by atoms with van der Waals surface area (Å²) in [6, 6.07) is 12.8. The molecular formula is C21H23N3O3S. The van der Waals surface area contributed by atoms with Gasteiger partial charge in [0.15, 0.2) is 5.16 Å². The van der Waals surface area contributed by atoms with Crippen LogP contribution in [0.3, 0.4) is 0 Å². The van der Waals surface area contributed by atoms with Gasteiger partial charge in [-0.25, -0.2) is 4.98 Å². The average molecular weight is 398 g/mol. The molecule has 0 bridgehead atoms. The maximum Gasteiger partial charge on any atom is 0.266 e. The van der Waals surface area contributed by atoms with Gasteiger partial charge in [0.1, 0.15) is 5.75 Å². The van der Waals surface area contributed by atoms with Crippen molar-refractivity contribution in [1.82, 2.24) is 14.9 Å². The number of benzene rings is 2. The van der Waals surface area contributed by atoms with Crippen LogP contribution in [0.15, 0.2) is 52.4 Å². The minimum atomic E-state index is -0.407. The first kappa shape index (κ1) is 19.9. The van der Waals surface area contributed by atoms with Crippen molar-refractivity contribution >= 4 is 28.6 Å². The quantitative estimate of drug-likeness (QED) is 0.510. The first-order valence-electron chi connectivity index (χ1n) is 9.07. The lowest BCUT2D eigenvalue weighted by Gasteiger charge is -2.18. The van der Waals surface area contributed by atoms with Gasteiger partial charge in [-0.15, -0.1) is 0 Å². The summed E-state index contributed by atoms with van der Waals surface area (Å²) >= 11 is 1.25. The van der Waals surface area contributed by atoms with E-state index < -0.39 is 5.25 Å². The Bertz CT molecular complexity index is 1080. The van der Waals surface area contributed by atoms with Gasteiger partial charge in [-0.1, -0.05) is 30.0 Å².